The fourth-order valence-electron chi connectivity index (χ4n) is 2.72. The van der Waals surface area contributed by atoms with E-state index < -0.39 is 0 Å². The number of carbonyl (C=O) groups excluding carboxylic acids is 2. The van der Waals surface area contributed by atoms with Gasteiger partial charge in [-0.25, -0.2) is 0 Å². The molecule has 0 heterocycles. The summed E-state index contributed by atoms with van der Waals surface area (Å²) in [6.07, 6.45) is 0.740. The molecule has 0 spiro atoms. The Morgan fingerprint density at radius 2 is 1.64 bits per heavy atom. The fraction of sp³-hybridized carbons (Fsp3) is 0.300. The van der Waals surface area contributed by atoms with Crippen LogP contribution in [0.3, 0.4) is 0 Å². The van der Waals surface area contributed by atoms with Gasteiger partial charge in [0.1, 0.15) is 0 Å². The number of hydrogen-bond acceptors (Lipinski definition) is 2. The molecule has 0 bridgehead atoms. The number of halogens is 1. The van der Waals surface area contributed by atoms with E-state index in [1.807, 2.05) is 63.2 Å². The first-order chi connectivity index (χ1) is 11.8. The smallest absolute Gasteiger partial charge is 0.251 e. The predicted molar refractivity (Wildman–Crippen MR) is 104 cm³/mol. The average Bonchev–Trinajstić information content (AvgIpc) is 2.53. The molecule has 0 aliphatic carbocycles. The lowest BCUT2D eigenvalue weighted by Crippen LogP contribution is -2.41. The van der Waals surface area contributed by atoms with Gasteiger partial charge in [0.15, 0.2) is 0 Å². The van der Waals surface area contributed by atoms with Crippen molar-refractivity contribution in [2.45, 2.75) is 33.2 Å². The standard InChI is InChI=1S/C20H23BrN2O2/c1-13-8-14(2)10-17(9-13)20(25)22-12-19(24)23-15(3)11-16-4-6-18(21)7-5-16/h4-10,15H,11-12H2,1-3H3,(H,22,25)(H,23,24). The summed E-state index contributed by atoms with van der Waals surface area (Å²) in [6.45, 7) is 5.81. The van der Waals surface area contributed by atoms with Crippen LogP contribution in [0.4, 0.5) is 0 Å². The first-order valence-corrected chi connectivity index (χ1v) is 9.03. The molecule has 5 heteroatoms. The number of rotatable bonds is 6. The van der Waals surface area contributed by atoms with Crippen molar-refractivity contribution in [3.05, 3.63) is 69.2 Å². The third-order valence-corrected chi connectivity index (χ3v) is 4.28. The van der Waals surface area contributed by atoms with Crippen molar-refractivity contribution < 1.29 is 9.59 Å². The summed E-state index contributed by atoms with van der Waals surface area (Å²) in [5.74, 6) is -0.426. The van der Waals surface area contributed by atoms with Crippen LogP contribution in [0.5, 0.6) is 0 Å². The van der Waals surface area contributed by atoms with Crippen molar-refractivity contribution in [2.24, 2.45) is 0 Å². The van der Waals surface area contributed by atoms with Crippen molar-refractivity contribution in [3.8, 4) is 0 Å². The molecule has 2 aromatic carbocycles. The highest BCUT2D eigenvalue weighted by molar-refractivity contribution is 9.10. The van der Waals surface area contributed by atoms with Crippen LogP contribution in [0.1, 0.15) is 34.0 Å². The van der Waals surface area contributed by atoms with Crippen LogP contribution in [-0.2, 0) is 11.2 Å². The molecule has 132 valence electrons. The van der Waals surface area contributed by atoms with Crippen LogP contribution >= 0.6 is 15.9 Å². The molecule has 1 atom stereocenters. The molecule has 0 saturated heterocycles. The van der Waals surface area contributed by atoms with Gasteiger partial charge in [0, 0.05) is 16.1 Å². The molecule has 2 rings (SSSR count). The summed E-state index contributed by atoms with van der Waals surface area (Å²) in [7, 11) is 0. The Kier molecular flexibility index (Phi) is 6.76. The summed E-state index contributed by atoms with van der Waals surface area (Å²) >= 11 is 3.40. The lowest BCUT2D eigenvalue weighted by Gasteiger charge is -2.14. The number of nitrogens with one attached hydrogen (secondary N) is 2. The summed E-state index contributed by atoms with van der Waals surface area (Å²) in [5, 5.41) is 5.58. The van der Waals surface area contributed by atoms with Gasteiger partial charge in [-0.2, -0.15) is 0 Å². The van der Waals surface area contributed by atoms with Gasteiger partial charge >= 0.3 is 0 Å². The summed E-state index contributed by atoms with van der Waals surface area (Å²) in [5.41, 5.74) is 3.78. The SMILES string of the molecule is Cc1cc(C)cc(C(=O)NCC(=O)NC(C)Cc2ccc(Br)cc2)c1. The highest BCUT2D eigenvalue weighted by Crippen LogP contribution is 2.12. The number of carbonyl (C=O) groups is 2. The van der Waals surface area contributed by atoms with Crippen molar-refractivity contribution in [1.82, 2.24) is 10.6 Å². The molecule has 2 aromatic rings. The molecule has 0 fully saturated rings. The van der Waals surface area contributed by atoms with Crippen molar-refractivity contribution in [2.75, 3.05) is 6.54 Å². The van der Waals surface area contributed by atoms with Crippen LogP contribution in [0, 0.1) is 13.8 Å². The number of amides is 2. The van der Waals surface area contributed by atoms with Crippen LogP contribution < -0.4 is 10.6 Å². The normalized spacial score (nSPS) is 11.7. The van der Waals surface area contributed by atoms with E-state index in [1.165, 1.54) is 0 Å². The van der Waals surface area contributed by atoms with Gasteiger partial charge in [0.2, 0.25) is 5.91 Å². The monoisotopic (exact) mass is 402 g/mol. The van der Waals surface area contributed by atoms with Crippen LogP contribution in [0.25, 0.3) is 0 Å². The molecule has 25 heavy (non-hydrogen) atoms. The van der Waals surface area contributed by atoms with E-state index in [-0.39, 0.29) is 24.4 Å². The second-order valence-corrected chi connectivity index (χ2v) is 7.27. The molecule has 2 N–H and O–H groups in total. The minimum atomic E-state index is -0.234. The Labute approximate surface area is 157 Å². The zero-order valence-corrected chi connectivity index (χ0v) is 16.3. The Balaban J connectivity index is 1.81. The van der Waals surface area contributed by atoms with Crippen molar-refractivity contribution in [3.63, 3.8) is 0 Å². The summed E-state index contributed by atoms with van der Waals surface area (Å²) in [6, 6.07) is 13.6. The Hall–Kier alpha value is -2.14. The van der Waals surface area contributed by atoms with Crippen LogP contribution in [0.2, 0.25) is 0 Å². The van der Waals surface area contributed by atoms with Crippen LogP contribution in [0.15, 0.2) is 46.9 Å². The lowest BCUT2D eigenvalue weighted by atomic mass is 10.1. The summed E-state index contributed by atoms with van der Waals surface area (Å²) in [4.78, 5) is 24.2. The highest BCUT2D eigenvalue weighted by atomic mass is 79.9. The van der Waals surface area contributed by atoms with Gasteiger partial charge in [0.05, 0.1) is 6.54 Å². The molecule has 1 unspecified atom stereocenters. The molecule has 0 aliphatic heterocycles. The number of benzene rings is 2. The molecular weight excluding hydrogens is 380 g/mol. The number of hydrogen-bond donors (Lipinski definition) is 2. The second kappa shape index (κ2) is 8.81. The van der Waals surface area contributed by atoms with Gasteiger partial charge in [-0.3, -0.25) is 9.59 Å². The molecule has 0 aromatic heterocycles. The van der Waals surface area contributed by atoms with E-state index in [2.05, 4.69) is 26.6 Å². The molecule has 0 radical (unpaired) electrons. The zero-order valence-electron chi connectivity index (χ0n) is 14.7. The first-order valence-electron chi connectivity index (χ1n) is 8.24. The minimum absolute atomic E-state index is 0.00760. The summed E-state index contributed by atoms with van der Waals surface area (Å²) < 4.78 is 1.03. The molecule has 2 amide bonds. The maximum Gasteiger partial charge on any atom is 0.251 e. The second-order valence-electron chi connectivity index (χ2n) is 6.36. The fourth-order valence-corrected chi connectivity index (χ4v) is 2.98. The van der Waals surface area contributed by atoms with E-state index >= 15 is 0 Å². The minimum Gasteiger partial charge on any atom is -0.352 e. The Morgan fingerprint density at radius 3 is 2.24 bits per heavy atom. The molecule has 0 saturated carbocycles. The third-order valence-electron chi connectivity index (χ3n) is 3.76. The van der Waals surface area contributed by atoms with E-state index in [4.69, 9.17) is 0 Å². The van der Waals surface area contributed by atoms with Gasteiger partial charge in [-0.15, -0.1) is 0 Å². The largest absolute Gasteiger partial charge is 0.352 e. The van der Waals surface area contributed by atoms with E-state index in [9.17, 15) is 9.59 Å². The molecule has 0 aliphatic rings. The molecular formula is C20H23BrN2O2. The van der Waals surface area contributed by atoms with Gasteiger partial charge in [-0.05, 0) is 57.0 Å². The van der Waals surface area contributed by atoms with E-state index in [0.717, 1.165) is 27.6 Å². The van der Waals surface area contributed by atoms with Crippen molar-refractivity contribution in [1.29, 1.82) is 0 Å². The topological polar surface area (TPSA) is 58.2 Å². The van der Waals surface area contributed by atoms with Gasteiger partial charge < -0.3 is 10.6 Å². The maximum atomic E-state index is 12.2. The predicted octanol–water partition coefficient (Wildman–Crippen LogP) is 3.54. The maximum absolute atomic E-state index is 12.2. The van der Waals surface area contributed by atoms with Crippen molar-refractivity contribution >= 4 is 27.7 Å². The van der Waals surface area contributed by atoms with Gasteiger partial charge in [-0.1, -0.05) is 45.3 Å². The Bertz CT molecular complexity index is 737. The average molecular weight is 403 g/mol. The van der Waals surface area contributed by atoms with Gasteiger partial charge in [0.25, 0.3) is 5.91 Å². The van der Waals surface area contributed by atoms with E-state index in [1.54, 1.807) is 0 Å². The first kappa shape index (κ1) is 19.2. The van der Waals surface area contributed by atoms with E-state index in [0.29, 0.717) is 5.56 Å². The third kappa shape index (κ3) is 6.35. The lowest BCUT2D eigenvalue weighted by molar-refractivity contribution is -0.120. The Morgan fingerprint density at radius 1 is 1.04 bits per heavy atom. The quantitative estimate of drug-likeness (QED) is 0.775. The molecule has 4 nitrogen and oxygen atoms in total. The zero-order chi connectivity index (χ0) is 18.4. The highest BCUT2D eigenvalue weighted by Gasteiger charge is 2.11. The number of aryl methyl sites for hydroxylation is 2. The van der Waals surface area contributed by atoms with Crippen LogP contribution in [-0.4, -0.2) is 24.4 Å².